The van der Waals surface area contributed by atoms with Crippen molar-refractivity contribution in [3.05, 3.63) is 60.2 Å². The predicted octanol–water partition coefficient (Wildman–Crippen LogP) is 0.167. The second kappa shape index (κ2) is 6.67. The lowest BCUT2D eigenvalue weighted by Gasteiger charge is -2.26. The Morgan fingerprint density at radius 2 is 1.65 bits per heavy atom. The molecule has 0 bridgehead atoms. The first-order valence-electron chi connectivity index (χ1n) is 5.95. The van der Waals surface area contributed by atoms with Crippen LogP contribution in [0.1, 0.15) is 5.56 Å². The number of hydrogen-bond donors (Lipinski definition) is 2. The van der Waals surface area contributed by atoms with Crippen LogP contribution in [0, 0.1) is 0 Å². The summed E-state index contributed by atoms with van der Waals surface area (Å²) in [6.07, 6.45) is 0. The van der Waals surface area contributed by atoms with Crippen LogP contribution in [0.2, 0.25) is 0 Å². The van der Waals surface area contributed by atoms with Gasteiger partial charge in [-0.3, -0.25) is 8.51 Å². The monoisotopic (exact) mass is 290 g/mol. The summed E-state index contributed by atoms with van der Waals surface area (Å²) in [6.45, 7) is 0.220. The van der Waals surface area contributed by atoms with E-state index in [1.54, 1.807) is 0 Å². The van der Waals surface area contributed by atoms with Gasteiger partial charge in [-0.05, 0) is 23.2 Å². The van der Waals surface area contributed by atoms with Crippen LogP contribution in [0.15, 0.2) is 54.6 Å². The van der Waals surface area contributed by atoms with E-state index in [0.717, 1.165) is 5.56 Å². The lowest BCUT2D eigenvalue weighted by atomic mass is 9.80. The van der Waals surface area contributed by atoms with Crippen LogP contribution in [-0.4, -0.2) is 25.9 Å². The van der Waals surface area contributed by atoms with Crippen LogP contribution < -0.4 is 9.77 Å². The van der Waals surface area contributed by atoms with Crippen molar-refractivity contribution >= 4 is 29.5 Å². The molecule has 0 heterocycles. The standard InChI is InChI=1S/C13H14BNO4S/c16-14(17)12-6-8-13(9-7-12)15(20(18)19)10-11-4-2-1-3-5-11/h1-9,16-17H,10H2,(H,18,19)/p-1. The van der Waals surface area contributed by atoms with Crippen LogP contribution >= 0.6 is 0 Å². The fourth-order valence-corrected chi connectivity index (χ4v) is 2.34. The highest BCUT2D eigenvalue weighted by Gasteiger charge is 2.12. The molecule has 2 N–H and O–H groups in total. The third-order valence-corrected chi connectivity index (χ3v) is 3.53. The molecule has 2 aromatic carbocycles. The van der Waals surface area contributed by atoms with Gasteiger partial charge in [-0.1, -0.05) is 42.5 Å². The van der Waals surface area contributed by atoms with Gasteiger partial charge in [0.1, 0.15) is 0 Å². The average Bonchev–Trinajstić information content (AvgIpc) is 2.45. The minimum Gasteiger partial charge on any atom is -0.755 e. The van der Waals surface area contributed by atoms with Gasteiger partial charge in [0.2, 0.25) is 0 Å². The van der Waals surface area contributed by atoms with Gasteiger partial charge >= 0.3 is 7.12 Å². The molecule has 7 heteroatoms. The largest absolute Gasteiger partial charge is 0.755 e. The number of hydrogen-bond acceptors (Lipinski definition) is 4. The van der Waals surface area contributed by atoms with Crippen molar-refractivity contribution in [3.8, 4) is 0 Å². The zero-order valence-corrected chi connectivity index (χ0v) is 11.4. The maximum atomic E-state index is 11.4. The summed E-state index contributed by atoms with van der Waals surface area (Å²) in [5, 5.41) is 18.0. The van der Waals surface area contributed by atoms with Crippen molar-refractivity contribution in [3.63, 3.8) is 0 Å². The van der Waals surface area contributed by atoms with E-state index in [0.29, 0.717) is 11.2 Å². The molecule has 0 aliphatic carbocycles. The fraction of sp³-hybridized carbons (Fsp3) is 0.0769. The number of benzene rings is 2. The van der Waals surface area contributed by atoms with E-state index >= 15 is 0 Å². The van der Waals surface area contributed by atoms with Gasteiger partial charge in [-0.25, -0.2) is 0 Å². The first kappa shape index (κ1) is 14.7. The van der Waals surface area contributed by atoms with E-state index in [1.165, 1.54) is 28.6 Å². The molecule has 5 nitrogen and oxygen atoms in total. The van der Waals surface area contributed by atoms with Crippen LogP contribution in [0.4, 0.5) is 5.69 Å². The zero-order chi connectivity index (χ0) is 14.5. The number of rotatable bonds is 5. The molecule has 0 fully saturated rings. The molecular formula is C13H13BNO4S-. The summed E-state index contributed by atoms with van der Waals surface area (Å²) < 4.78 is 23.9. The van der Waals surface area contributed by atoms with E-state index in [4.69, 9.17) is 10.0 Å². The first-order valence-corrected chi connectivity index (χ1v) is 6.98. The number of nitrogens with zero attached hydrogens (tertiary/aromatic N) is 1. The highest BCUT2D eigenvalue weighted by atomic mass is 32.2. The van der Waals surface area contributed by atoms with Crippen molar-refractivity contribution in [2.45, 2.75) is 6.54 Å². The minimum atomic E-state index is -2.41. The van der Waals surface area contributed by atoms with E-state index < -0.39 is 18.4 Å². The van der Waals surface area contributed by atoms with Crippen molar-refractivity contribution in [1.29, 1.82) is 0 Å². The zero-order valence-electron chi connectivity index (χ0n) is 10.5. The molecule has 0 spiro atoms. The fourth-order valence-electron chi connectivity index (χ4n) is 1.79. The molecule has 0 aliphatic rings. The first-order chi connectivity index (χ1) is 9.58. The third kappa shape index (κ3) is 3.67. The van der Waals surface area contributed by atoms with Gasteiger partial charge in [-0.15, -0.1) is 0 Å². The van der Waals surface area contributed by atoms with E-state index in [1.807, 2.05) is 30.3 Å². The molecular weight excluding hydrogens is 277 g/mol. The molecule has 0 aromatic heterocycles. The average molecular weight is 290 g/mol. The van der Waals surface area contributed by atoms with E-state index in [9.17, 15) is 8.76 Å². The minimum absolute atomic E-state index is 0.220. The smallest absolute Gasteiger partial charge is 0.488 e. The van der Waals surface area contributed by atoms with Gasteiger partial charge in [-0.2, -0.15) is 0 Å². The summed E-state index contributed by atoms with van der Waals surface area (Å²) in [4.78, 5) is 0. The molecule has 0 saturated heterocycles. The second-order valence-electron chi connectivity index (χ2n) is 4.20. The van der Waals surface area contributed by atoms with Gasteiger partial charge in [0.05, 0.1) is 6.54 Å². The maximum Gasteiger partial charge on any atom is 0.488 e. The van der Waals surface area contributed by atoms with E-state index in [2.05, 4.69) is 0 Å². The van der Waals surface area contributed by atoms with Gasteiger partial charge in [0, 0.05) is 17.0 Å². The highest BCUT2D eigenvalue weighted by Crippen LogP contribution is 2.17. The Balaban J connectivity index is 2.22. The Bertz CT molecular complexity index is 577. The molecule has 20 heavy (non-hydrogen) atoms. The Hall–Kier alpha value is -1.67. The van der Waals surface area contributed by atoms with Crippen LogP contribution in [0.5, 0.6) is 0 Å². The molecule has 0 saturated carbocycles. The number of anilines is 1. The van der Waals surface area contributed by atoms with Crippen molar-refractivity contribution in [2.24, 2.45) is 0 Å². The normalized spacial score (nSPS) is 11.9. The summed E-state index contributed by atoms with van der Waals surface area (Å²) in [6, 6.07) is 15.2. The van der Waals surface area contributed by atoms with E-state index in [-0.39, 0.29) is 6.54 Å². The second-order valence-corrected chi connectivity index (χ2v) is 5.08. The van der Waals surface area contributed by atoms with Crippen LogP contribution in [0.25, 0.3) is 0 Å². The molecule has 2 aromatic rings. The Kier molecular flexibility index (Phi) is 4.91. The summed E-state index contributed by atoms with van der Waals surface area (Å²) >= 11 is -2.41. The quantitative estimate of drug-likeness (QED) is 0.607. The maximum absolute atomic E-state index is 11.4. The van der Waals surface area contributed by atoms with Crippen LogP contribution in [0.3, 0.4) is 0 Å². The highest BCUT2D eigenvalue weighted by molar-refractivity contribution is 7.80. The molecule has 1 unspecified atom stereocenters. The van der Waals surface area contributed by atoms with Crippen molar-refractivity contribution < 1.29 is 18.8 Å². The summed E-state index contributed by atoms with van der Waals surface area (Å²) in [7, 11) is -1.57. The molecule has 0 amide bonds. The van der Waals surface area contributed by atoms with Gasteiger partial charge in [0.15, 0.2) is 0 Å². The molecule has 1 atom stereocenters. The topological polar surface area (TPSA) is 83.8 Å². The van der Waals surface area contributed by atoms with Gasteiger partial charge in [0.25, 0.3) is 0 Å². The molecule has 0 radical (unpaired) electrons. The van der Waals surface area contributed by atoms with Gasteiger partial charge < -0.3 is 14.6 Å². The lowest BCUT2D eigenvalue weighted by molar-refractivity contribution is 0.426. The Morgan fingerprint density at radius 1 is 1.05 bits per heavy atom. The molecule has 2 rings (SSSR count). The van der Waals surface area contributed by atoms with Crippen molar-refractivity contribution in [1.82, 2.24) is 0 Å². The lowest BCUT2D eigenvalue weighted by Crippen LogP contribution is -2.30. The van der Waals surface area contributed by atoms with Crippen molar-refractivity contribution in [2.75, 3.05) is 4.31 Å². The van der Waals surface area contributed by atoms with Crippen LogP contribution in [-0.2, 0) is 17.8 Å². The Labute approximate surface area is 120 Å². The third-order valence-electron chi connectivity index (χ3n) is 2.83. The molecule has 0 aliphatic heterocycles. The summed E-state index contributed by atoms with van der Waals surface area (Å²) in [5.41, 5.74) is 1.64. The Morgan fingerprint density at radius 3 is 2.15 bits per heavy atom. The predicted molar refractivity (Wildman–Crippen MR) is 77.8 cm³/mol. The SMILES string of the molecule is O=S([O-])N(Cc1ccccc1)c1ccc(B(O)O)cc1. The molecule has 104 valence electrons. The summed E-state index contributed by atoms with van der Waals surface area (Å²) in [5.74, 6) is 0.